The highest BCUT2D eigenvalue weighted by Gasteiger charge is 2.29. The fraction of sp³-hybridized carbons (Fsp3) is 0.333. The fourth-order valence-electron chi connectivity index (χ4n) is 5.45. The number of aromatic nitrogens is 2. The molecule has 0 bridgehead atoms. The van der Waals surface area contributed by atoms with Crippen LogP contribution in [0.4, 0.5) is 14.5 Å². The van der Waals surface area contributed by atoms with Crippen molar-refractivity contribution in [3.8, 4) is 0 Å². The Bertz CT molecular complexity index is 1870. The highest BCUT2D eigenvalue weighted by molar-refractivity contribution is 5.94. The maximum atomic E-state index is 14.6. The van der Waals surface area contributed by atoms with E-state index in [-0.39, 0.29) is 34.0 Å². The number of nitrogens with zero attached hydrogens (tertiary/aromatic N) is 3. The van der Waals surface area contributed by atoms with E-state index in [0.717, 1.165) is 44.8 Å². The maximum Gasteiger partial charge on any atom is 0.341 e. The van der Waals surface area contributed by atoms with Crippen LogP contribution in [0.5, 0.6) is 0 Å². The number of carbonyl (C=O) groups is 2. The van der Waals surface area contributed by atoms with Crippen LogP contribution >= 0.6 is 0 Å². The third-order valence-electron chi connectivity index (χ3n) is 7.89. The summed E-state index contributed by atoms with van der Waals surface area (Å²) in [6.07, 6.45) is 6.56. The minimum absolute atomic E-state index is 0.127. The standard InChI is InChI=1S/C17H18FN3O3.C13H10FNO3/c18-13-7-11-14(8-15(13)20-5-3-19-4-6-20)21(10-1-2-10)9-12(16(11)22)17(23)24;14-7-1-4-11-9(5-7)12(16)10(13(17)18)6-15(11)8-2-3-8/h7-10,19H,1-6H2,(H,23,24);1,4-6,8H,2-3H2,(H,17,18). The smallest absolute Gasteiger partial charge is 0.341 e. The van der Waals surface area contributed by atoms with Gasteiger partial charge in [-0.1, -0.05) is 0 Å². The number of halogens is 2. The lowest BCUT2D eigenvalue weighted by atomic mass is 10.1. The molecule has 12 heteroatoms. The van der Waals surface area contributed by atoms with E-state index in [2.05, 4.69) is 5.32 Å². The molecule has 1 saturated heterocycles. The highest BCUT2D eigenvalue weighted by Crippen LogP contribution is 2.38. The first-order chi connectivity index (χ1) is 20.1. The van der Waals surface area contributed by atoms with Gasteiger partial charge in [0.25, 0.3) is 0 Å². The Kier molecular flexibility index (Phi) is 7.01. The quantitative estimate of drug-likeness (QED) is 0.326. The predicted molar refractivity (Wildman–Crippen MR) is 152 cm³/mol. The Morgan fingerprint density at radius 3 is 1.81 bits per heavy atom. The van der Waals surface area contributed by atoms with Gasteiger partial charge in [-0.05, 0) is 56.0 Å². The van der Waals surface area contributed by atoms with Crippen molar-refractivity contribution in [2.75, 3.05) is 31.1 Å². The molecule has 7 rings (SSSR count). The van der Waals surface area contributed by atoms with Crippen molar-refractivity contribution in [3.63, 3.8) is 0 Å². The SMILES string of the molecule is O=C(O)c1cn(C2CC2)c2cc(N3CCNCC3)c(F)cc2c1=O.O=C(O)c1cn(C2CC2)c2ccc(F)cc2c1=O. The Labute approximate surface area is 237 Å². The molecule has 3 N–H and O–H groups in total. The molecule has 42 heavy (non-hydrogen) atoms. The molecule has 3 aliphatic rings. The first-order valence-electron chi connectivity index (χ1n) is 13.8. The van der Waals surface area contributed by atoms with Gasteiger partial charge in [-0.15, -0.1) is 0 Å². The number of pyridine rings is 2. The van der Waals surface area contributed by atoms with Crippen molar-refractivity contribution >= 4 is 39.4 Å². The topological polar surface area (TPSA) is 134 Å². The lowest BCUT2D eigenvalue weighted by Gasteiger charge is -2.30. The molecule has 0 atom stereocenters. The van der Waals surface area contributed by atoms with Crippen LogP contribution in [0, 0.1) is 11.6 Å². The number of piperazine rings is 1. The molecule has 4 aromatic rings. The van der Waals surface area contributed by atoms with Gasteiger partial charge >= 0.3 is 11.9 Å². The van der Waals surface area contributed by atoms with Crippen molar-refractivity contribution in [2.24, 2.45) is 0 Å². The second kappa shape index (κ2) is 10.7. The third kappa shape index (κ3) is 5.13. The Morgan fingerprint density at radius 1 is 0.762 bits per heavy atom. The van der Waals surface area contributed by atoms with E-state index in [0.29, 0.717) is 29.8 Å². The molecule has 10 nitrogen and oxygen atoms in total. The van der Waals surface area contributed by atoms with Crippen LogP contribution in [0.2, 0.25) is 0 Å². The molecule has 0 amide bonds. The second-order valence-corrected chi connectivity index (χ2v) is 10.9. The van der Waals surface area contributed by atoms with Gasteiger partial charge in [0.15, 0.2) is 0 Å². The molecule has 3 fully saturated rings. The van der Waals surface area contributed by atoms with Crippen molar-refractivity contribution in [1.82, 2.24) is 14.5 Å². The summed E-state index contributed by atoms with van der Waals surface area (Å²) in [5.74, 6) is -3.57. The molecular weight excluding hydrogens is 550 g/mol. The largest absolute Gasteiger partial charge is 0.477 e. The summed E-state index contributed by atoms with van der Waals surface area (Å²) in [5.41, 5.74) is -0.185. The van der Waals surface area contributed by atoms with Gasteiger partial charge in [0.2, 0.25) is 10.9 Å². The molecule has 2 aromatic carbocycles. The van der Waals surface area contributed by atoms with E-state index in [9.17, 15) is 33.1 Å². The van der Waals surface area contributed by atoms with Crippen LogP contribution in [0.25, 0.3) is 21.8 Å². The van der Waals surface area contributed by atoms with Gasteiger partial charge in [0.05, 0.1) is 16.7 Å². The summed E-state index contributed by atoms with van der Waals surface area (Å²) in [5, 5.41) is 21.8. The molecule has 0 unspecified atom stereocenters. The first kappa shape index (κ1) is 27.6. The molecule has 2 aromatic heterocycles. The van der Waals surface area contributed by atoms with Crippen LogP contribution in [0.1, 0.15) is 58.5 Å². The lowest BCUT2D eigenvalue weighted by Crippen LogP contribution is -2.43. The number of carboxylic acids is 2. The lowest BCUT2D eigenvalue weighted by molar-refractivity contribution is 0.0684. The molecule has 2 saturated carbocycles. The number of anilines is 1. The summed E-state index contributed by atoms with van der Waals surface area (Å²) in [6.45, 7) is 2.96. The van der Waals surface area contributed by atoms with Gasteiger partial charge in [0.1, 0.15) is 22.8 Å². The zero-order valence-electron chi connectivity index (χ0n) is 22.5. The van der Waals surface area contributed by atoms with Crippen molar-refractivity contribution < 1.29 is 28.6 Å². The van der Waals surface area contributed by atoms with Crippen LogP contribution in [0.3, 0.4) is 0 Å². The first-order valence-corrected chi connectivity index (χ1v) is 13.8. The minimum atomic E-state index is -1.28. The summed E-state index contributed by atoms with van der Waals surface area (Å²) in [7, 11) is 0. The predicted octanol–water partition coefficient (Wildman–Crippen LogP) is 3.76. The van der Waals surface area contributed by atoms with Crippen molar-refractivity contribution in [1.29, 1.82) is 0 Å². The van der Waals surface area contributed by atoms with E-state index in [4.69, 9.17) is 5.11 Å². The molecule has 0 spiro atoms. The van der Waals surface area contributed by atoms with Gasteiger partial charge in [-0.3, -0.25) is 9.59 Å². The average molecular weight is 579 g/mol. The maximum absolute atomic E-state index is 14.6. The van der Waals surface area contributed by atoms with E-state index in [1.165, 1.54) is 30.6 Å². The summed E-state index contributed by atoms with van der Waals surface area (Å²) >= 11 is 0. The van der Waals surface area contributed by atoms with Gasteiger partial charge < -0.3 is 29.6 Å². The second-order valence-electron chi connectivity index (χ2n) is 10.9. The Hall–Kier alpha value is -4.58. The summed E-state index contributed by atoms with van der Waals surface area (Å²) < 4.78 is 31.4. The summed E-state index contributed by atoms with van der Waals surface area (Å²) in [6, 6.07) is 7.20. The Morgan fingerprint density at radius 2 is 1.29 bits per heavy atom. The molecule has 0 radical (unpaired) electrons. The highest BCUT2D eigenvalue weighted by atomic mass is 19.1. The zero-order valence-corrected chi connectivity index (χ0v) is 22.5. The van der Waals surface area contributed by atoms with Crippen LogP contribution < -0.4 is 21.1 Å². The van der Waals surface area contributed by atoms with Gasteiger partial charge in [0, 0.05) is 61.4 Å². The number of carboxylic acid groups (broad SMARTS) is 2. The van der Waals surface area contributed by atoms with Crippen LogP contribution in [-0.4, -0.2) is 57.5 Å². The molecule has 218 valence electrons. The number of fused-ring (bicyclic) bond motifs is 2. The van der Waals surface area contributed by atoms with Crippen LogP contribution in [-0.2, 0) is 0 Å². The third-order valence-corrected chi connectivity index (χ3v) is 7.89. The van der Waals surface area contributed by atoms with E-state index >= 15 is 0 Å². The molecular formula is C30H28F2N4O6. The number of benzene rings is 2. The number of aromatic carboxylic acids is 2. The average Bonchev–Trinajstić information content (AvgIpc) is 3.89. The number of nitrogens with one attached hydrogen (secondary N) is 1. The van der Waals surface area contributed by atoms with E-state index in [1.807, 2.05) is 9.47 Å². The normalized spacial score (nSPS) is 16.8. The monoisotopic (exact) mass is 578 g/mol. The number of rotatable bonds is 5. The number of hydrogen-bond donors (Lipinski definition) is 3. The Balaban J connectivity index is 0.000000157. The summed E-state index contributed by atoms with van der Waals surface area (Å²) in [4.78, 5) is 48.7. The minimum Gasteiger partial charge on any atom is -0.477 e. The van der Waals surface area contributed by atoms with E-state index < -0.39 is 34.4 Å². The van der Waals surface area contributed by atoms with Crippen molar-refractivity contribution in [3.05, 3.63) is 85.9 Å². The van der Waals surface area contributed by atoms with E-state index in [1.54, 1.807) is 10.6 Å². The fourth-order valence-corrected chi connectivity index (χ4v) is 5.45. The van der Waals surface area contributed by atoms with Crippen molar-refractivity contribution in [2.45, 2.75) is 37.8 Å². The molecule has 2 aliphatic carbocycles. The number of hydrogen-bond acceptors (Lipinski definition) is 6. The molecule has 3 heterocycles. The van der Waals surface area contributed by atoms with Gasteiger partial charge in [-0.25, -0.2) is 18.4 Å². The van der Waals surface area contributed by atoms with Gasteiger partial charge in [-0.2, -0.15) is 0 Å². The zero-order chi connectivity index (χ0) is 29.7. The van der Waals surface area contributed by atoms with Crippen LogP contribution in [0.15, 0.2) is 52.3 Å². The molecule has 1 aliphatic heterocycles.